The lowest BCUT2D eigenvalue weighted by molar-refractivity contribution is -0.125. The number of fused-ring (bicyclic) bond motifs is 2. The van der Waals surface area contributed by atoms with Gasteiger partial charge < -0.3 is 16.0 Å². The standard InChI is InChI=1S/C19H19N3O4S/c1-27(25,26)13-8-6-12(7-9-13)21-17(23)16-10-19(18(24)22-16)11-20-15-5-3-2-4-14(15)19/h2-9,16,20H,10-11H2,1H3,(H,21,23)(H,22,24). The molecule has 7 nitrogen and oxygen atoms in total. The summed E-state index contributed by atoms with van der Waals surface area (Å²) >= 11 is 0. The van der Waals surface area contributed by atoms with Crippen molar-refractivity contribution in [1.29, 1.82) is 0 Å². The highest BCUT2D eigenvalue weighted by Crippen LogP contribution is 2.43. The van der Waals surface area contributed by atoms with E-state index < -0.39 is 21.3 Å². The van der Waals surface area contributed by atoms with Gasteiger partial charge in [-0.05, 0) is 42.3 Å². The van der Waals surface area contributed by atoms with E-state index in [9.17, 15) is 18.0 Å². The second kappa shape index (κ2) is 6.09. The number of hydrogen-bond acceptors (Lipinski definition) is 5. The van der Waals surface area contributed by atoms with E-state index in [-0.39, 0.29) is 16.7 Å². The summed E-state index contributed by atoms with van der Waals surface area (Å²) in [6.45, 7) is 0.463. The van der Waals surface area contributed by atoms with Gasteiger partial charge in [0.25, 0.3) is 0 Å². The van der Waals surface area contributed by atoms with Gasteiger partial charge in [-0.3, -0.25) is 9.59 Å². The molecule has 0 aliphatic carbocycles. The first-order valence-corrected chi connectivity index (χ1v) is 10.4. The van der Waals surface area contributed by atoms with Crippen LogP contribution in [0.5, 0.6) is 0 Å². The molecular weight excluding hydrogens is 366 g/mol. The van der Waals surface area contributed by atoms with Crippen LogP contribution in [0, 0.1) is 0 Å². The van der Waals surface area contributed by atoms with Crippen LogP contribution in [0.2, 0.25) is 0 Å². The largest absolute Gasteiger partial charge is 0.383 e. The zero-order chi connectivity index (χ0) is 19.2. The van der Waals surface area contributed by atoms with Crippen molar-refractivity contribution in [1.82, 2.24) is 5.32 Å². The molecule has 2 aromatic carbocycles. The molecule has 1 fully saturated rings. The Labute approximate surface area is 157 Å². The SMILES string of the molecule is CS(=O)(=O)c1ccc(NC(=O)C2CC3(CNc4ccccc43)C(=O)N2)cc1. The minimum Gasteiger partial charge on any atom is -0.383 e. The lowest BCUT2D eigenvalue weighted by Gasteiger charge is -2.19. The smallest absolute Gasteiger partial charge is 0.246 e. The van der Waals surface area contributed by atoms with Gasteiger partial charge in [0.2, 0.25) is 11.8 Å². The molecule has 8 heteroatoms. The zero-order valence-corrected chi connectivity index (χ0v) is 15.5. The van der Waals surface area contributed by atoms with E-state index in [2.05, 4.69) is 16.0 Å². The first-order chi connectivity index (χ1) is 12.8. The first-order valence-electron chi connectivity index (χ1n) is 8.55. The quantitative estimate of drug-likeness (QED) is 0.738. The highest BCUT2D eigenvalue weighted by molar-refractivity contribution is 7.90. The summed E-state index contributed by atoms with van der Waals surface area (Å²) in [5.74, 6) is -0.482. The summed E-state index contributed by atoms with van der Waals surface area (Å²) in [6, 6.07) is 12.9. The number of hydrogen-bond donors (Lipinski definition) is 3. The van der Waals surface area contributed by atoms with Crippen LogP contribution in [-0.4, -0.2) is 39.1 Å². The van der Waals surface area contributed by atoms with E-state index in [0.29, 0.717) is 18.7 Å². The Balaban J connectivity index is 1.51. The molecule has 27 heavy (non-hydrogen) atoms. The van der Waals surface area contributed by atoms with Gasteiger partial charge in [0.1, 0.15) is 6.04 Å². The highest BCUT2D eigenvalue weighted by Gasteiger charge is 2.53. The summed E-state index contributed by atoms with van der Waals surface area (Å²) < 4.78 is 23.0. The molecule has 0 aromatic heterocycles. The van der Waals surface area contributed by atoms with Crippen molar-refractivity contribution in [3.05, 3.63) is 54.1 Å². The zero-order valence-electron chi connectivity index (χ0n) is 14.7. The van der Waals surface area contributed by atoms with Gasteiger partial charge in [-0.15, -0.1) is 0 Å². The number of nitrogens with one attached hydrogen (secondary N) is 3. The van der Waals surface area contributed by atoms with Crippen molar-refractivity contribution < 1.29 is 18.0 Å². The molecule has 0 radical (unpaired) electrons. The Bertz CT molecular complexity index is 1030. The molecule has 4 rings (SSSR count). The fourth-order valence-corrected chi connectivity index (χ4v) is 4.37. The molecule has 0 bridgehead atoms. The van der Waals surface area contributed by atoms with E-state index in [1.165, 1.54) is 24.3 Å². The second-order valence-electron chi connectivity index (χ2n) is 7.00. The summed E-state index contributed by atoms with van der Waals surface area (Å²) in [7, 11) is -3.29. The van der Waals surface area contributed by atoms with E-state index in [1.807, 2.05) is 24.3 Å². The molecule has 1 spiro atoms. The summed E-state index contributed by atoms with van der Waals surface area (Å²) in [5.41, 5.74) is 1.58. The van der Waals surface area contributed by atoms with E-state index >= 15 is 0 Å². The normalized spacial score (nSPS) is 23.6. The maximum absolute atomic E-state index is 12.7. The third kappa shape index (κ3) is 2.95. The third-order valence-corrected chi connectivity index (χ3v) is 6.31. The molecule has 2 aromatic rings. The van der Waals surface area contributed by atoms with Crippen molar-refractivity contribution in [2.24, 2.45) is 0 Å². The number of benzene rings is 2. The summed E-state index contributed by atoms with van der Waals surface area (Å²) in [6.07, 6.45) is 1.49. The number of carbonyl (C=O) groups excluding carboxylic acids is 2. The fourth-order valence-electron chi connectivity index (χ4n) is 3.74. The lowest BCUT2D eigenvalue weighted by Crippen LogP contribution is -2.39. The van der Waals surface area contributed by atoms with Crippen LogP contribution in [0.3, 0.4) is 0 Å². The predicted molar refractivity (Wildman–Crippen MR) is 101 cm³/mol. The molecule has 2 aliphatic rings. The van der Waals surface area contributed by atoms with Gasteiger partial charge in [0, 0.05) is 24.2 Å². The lowest BCUT2D eigenvalue weighted by atomic mass is 9.79. The molecule has 0 saturated carbocycles. The Morgan fingerprint density at radius 3 is 2.56 bits per heavy atom. The molecule has 2 amide bonds. The predicted octanol–water partition coefficient (Wildman–Crippen LogP) is 1.28. The Hall–Kier alpha value is -2.87. The molecule has 2 aliphatic heterocycles. The number of carbonyl (C=O) groups is 2. The molecule has 3 N–H and O–H groups in total. The number of rotatable bonds is 3. The number of para-hydroxylation sites is 1. The van der Waals surface area contributed by atoms with Crippen LogP contribution in [0.1, 0.15) is 12.0 Å². The fraction of sp³-hybridized carbons (Fsp3) is 0.263. The molecule has 2 unspecified atom stereocenters. The average molecular weight is 385 g/mol. The Morgan fingerprint density at radius 1 is 1.15 bits per heavy atom. The minimum atomic E-state index is -3.29. The molecule has 140 valence electrons. The summed E-state index contributed by atoms with van der Waals surface area (Å²) in [5, 5.41) is 8.78. The van der Waals surface area contributed by atoms with E-state index in [0.717, 1.165) is 17.5 Å². The van der Waals surface area contributed by atoms with Gasteiger partial charge in [-0.25, -0.2) is 8.42 Å². The topological polar surface area (TPSA) is 104 Å². The van der Waals surface area contributed by atoms with Gasteiger partial charge in [-0.1, -0.05) is 18.2 Å². The minimum absolute atomic E-state index is 0.160. The van der Waals surface area contributed by atoms with Crippen molar-refractivity contribution >= 4 is 33.0 Å². The molecule has 1 saturated heterocycles. The van der Waals surface area contributed by atoms with Gasteiger partial charge in [-0.2, -0.15) is 0 Å². The Morgan fingerprint density at radius 2 is 1.85 bits per heavy atom. The third-order valence-electron chi connectivity index (χ3n) is 5.18. The average Bonchev–Trinajstić information content (AvgIpc) is 3.17. The van der Waals surface area contributed by atoms with Crippen molar-refractivity contribution in [2.45, 2.75) is 22.8 Å². The molecule has 2 heterocycles. The van der Waals surface area contributed by atoms with Crippen LogP contribution in [0.4, 0.5) is 11.4 Å². The van der Waals surface area contributed by atoms with Gasteiger partial charge in [0.05, 0.1) is 10.3 Å². The van der Waals surface area contributed by atoms with Crippen LogP contribution in [-0.2, 0) is 24.8 Å². The maximum Gasteiger partial charge on any atom is 0.246 e. The number of anilines is 2. The van der Waals surface area contributed by atoms with E-state index in [1.54, 1.807) is 0 Å². The number of sulfone groups is 1. The van der Waals surface area contributed by atoms with Gasteiger partial charge >= 0.3 is 0 Å². The number of amides is 2. The first kappa shape index (κ1) is 17.5. The second-order valence-corrected chi connectivity index (χ2v) is 9.01. The monoisotopic (exact) mass is 385 g/mol. The van der Waals surface area contributed by atoms with Crippen molar-refractivity contribution in [2.75, 3.05) is 23.4 Å². The van der Waals surface area contributed by atoms with Gasteiger partial charge in [0.15, 0.2) is 9.84 Å². The van der Waals surface area contributed by atoms with Crippen LogP contribution >= 0.6 is 0 Å². The molecule has 2 atom stereocenters. The Kier molecular flexibility index (Phi) is 3.96. The van der Waals surface area contributed by atoms with Crippen molar-refractivity contribution in [3.8, 4) is 0 Å². The summed E-state index contributed by atoms with van der Waals surface area (Å²) in [4.78, 5) is 25.5. The van der Waals surface area contributed by atoms with E-state index in [4.69, 9.17) is 0 Å². The van der Waals surface area contributed by atoms with Crippen molar-refractivity contribution in [3.63, 3.8) is 0 Å². The molecular formula is C19H19N3O4S. The van der Waals surface area contributed by atoms with Crippen LogP contribution in [0.15, 0.2) is 53.4 Å². The highest BCUT2D eigenvalue weighted by atomic mass is 32.2. The van der Waals surface area contributed by atoms with Crippen LogP contribution < -0.4 is 16.0 Å². The maximum atomic E-state index is 12.7. The van der Waals surface area contributed by atoms with Crippen LogP contribution in [0.25, 0.3) is 0 Å².